The van der Waals surface area contributed by atoms with Gasteiger partial charge >= 0.3 is 0 Å². The minimum Gasteiger partial charge on any atom is -0.398 e. The van der Waals surface area contributed by atoms with Gasteiger partial charge in [-0.2, -0.15) is 5.26 Å². The number of anilines is 2. The molecule has 3 nitrogen and oxygen atoms in total. The van der Waals surface area contributed by atoms with Crippen LogP contribution < -0.4 is 11.1 Å². The van der Waals surface area contributed by atoms with Gasteiger partial charge in [0.2, 0.25) is 0 Å². The Bertz CT molecular complexity index is 397. The highest BCUT2D eigenvalue weighted by molar-refractivity contribution is 5.61. The van der Waals surface area contributed by atoms with Gasteiger partial charge in [-0.15, -0.1) is 0 Å². The summed E-state index contributed by atoms with van der Waals surface area (Å²) in [5.41, 5.74) is 7.98. The molecule has 0 saturated carbocycles. The summed E-state index contributed by atoms with van der Waals surface area (Å²) in [6, 6.07) is 7.53. The van der Waals surface area contributed by atoms with E-state index in [1.807, 2.05) is 6.07 Å². The lowest BCUT2D eigenvalue weighted by atomic mass is 9.92. The smallest absolute Gasteiger partial charge is 0.101 e. The first-order chi connectivity index (χ1) is 7.42. The molecule has 1 aromatic rings. The highest BCUT2D eigenvalue weighted by atomic mass is 14.9. The first-order valence-electron chi connectivity index (χ1n) is 5.46. The summed E-state index contributed by atoms with van der Waals surface area (Å²) < 4.78 is 0. The zero-order valence-electron chi connectivity index (χ0n) is 10.2. The van der Waals surface area contributed by atoms with Crippen LogP contribution in [0.2, 0.25) is 0 Å². The molecule has 0 fully saturated rings. The van der Waals surface area contributed by atoms with E-state index in [0.717, 1.165) is 18.7 Å². The molecular weight excluding hydrogens is 198 g/mol. The van der Waals surface area contributed by atoms with Gasteiger partial charge in [0.15, 0.2) is 0 Å². The zero-order chi connectivity index (χ0) is 12.2. The fourth-order valence-corrected chi connectivity index (χ4v) is 1.34. The predicted octanol–water partition coefficient (Wildman–Crippen LogP) is 2.99. The average molecular weight is 217 g/mol. The minimum absolute atomic E-state index is 0.318. The summed E-state index contributed by atoms with van der Waals surface area (Å²) in [6.45, 7) is 7.52. The highest BCUT2D eigenvalue weighted by Crippen LogP contribution is 2.20. The maximum Gasteiger partial charge on any atom is 0.101 e. The van der Waals surface area contributed by atoms with E-state index in [4.69, 9.17) is 11.0 Å². The van der Waals surface area contributed by atoms with Gasteiger partial charge in [-0.3, -0.25) is 0 Å². The van der Waals surface area contributed by atoms with Gasteiger partial charge in [0.05, 0.1) is 5.56 Å². The second-order valence-corrected chi connectivity index (χ2v) is 5.15. The molecule has 0 aliphatic rings. The number of hydrogen-bond donors (Lipinski definition) is 2. The summed E-state index contributed by atoms with van der Waals surface area (Å²) in [5, 5.41) is 12.1. The van der Waals surface area contributed by atoms with Crippen molar-refractivity contribution >= 4 is 11.4 Å². The summed E-state index contributed by atoms with van der Waals surface area (Å²) in [6.07, 6.45) is 1.08. The molecule has 0 unspecified atom stereocenters. The van der Waals surface area contributed by atoms with Crippen LogP contribution >= 0.6 is 0 Å². The Kier molecular flexibility index (Phi) is 3.78. The fourth-order valence-electron chi connectivity index (χ4n) is 1.34. The number of nitrogens with two attached hydrogens (primary N) is 1. The predicted molar refractivity (Wildman–Crippen MR) is 68.1 cm³/mol. The van der Waals surface area contributed by atoms with Gasteiger partial charge in [0.1, 0.15) is 6.07 Å². The van der Waals surface area contributed by atoms with Crippen molar-refractivity contribution in [1.82, 2.24) is 0 Å². The van der Waals surface area contributed by atoms with Gasteiger partial charge < -0.3 is 11.1 Å². The Hall–Kier alpha value is -1.69. The van der Waals surface area contributed by atoms with Crippen molar-refractivity contribution in [1.29, 1.82) is 5.26 Å². The van der Waals surface area contributed by atoms with E-state index in [1.54, 1.807) is 12.1 Å². The third kappa shape index (κ3) is 3.82. The Labute approximate surface area is 97.3 Å². The molecular formula is C13H19N3. The third-order valence-corrected chi connectivity index (χ3v) is 2.38. The van der Waals surface area contributed by atoms with Gasteiger partial charge in [-0.1, -0.05) is 20.8 Å². The third-order valence-electron chi connectivity index (χ3n) is 2.38. The second kappa shape index (κ2) is 4.89. The molecule has 3 N–H and O–H groups in total. The van der Waals surface area contributed by atoms with Gasteiger partial charge in [0, 0.05) is 17.9 Å². The molecule has 1 aromatic carbocycles. The van der Waals surface area contributed by atoms with Crippen molar-refractivity contribution in [3.05, 3.63) is 23.8 Å². The lowest BCUT2D eigenvalue weighted by Gasteiger charge is -2.18. The van der Waals surface area contributed by atoms with E-state index in [9.17, 15) is 0 Å². The van der Waals surface area contributed by atoms with Crippen LogP contribution in [0.1, 0.15) is 32.8 Å². The monoisotopic (exact) mass is 217 g/mol. The fraction of sp³-hybridized carbons (Fsp3) is 0.462. The number of nitrogens with zero attached hydrogens (tertiary/aromatic N) is 1. The van der Waals surface area contributed by atoms with E-state index in [1.165, 1.54) is 0 Å². The standard InChI is InChI=1S/C13H19N3/c1-13(2,3)6-7-16-11-4-5-12(15)10(8-11)9-14/h4-5,8,16H,6-7,15H2,1-3H3. The summed E-state index contributed by atoms with van der Waals surface area (Å²) in [7, 11) is 0. The molecule has 0 radical (unpaired) electrons. The van der Waals surface area contributed by atoms with Gasteiger partial charge in [0.25, 0.3) is 0 Å². The largest absolute Gasteiger partial charge is 0.398 e. The van der Waals surface area contributed by atoms with E-state index in [-0.39, 0.29) is 0 Å². The summed E-state index contributed by atoms with van der Waals surface area (Å²) >= 11 is 0. The highest BCUT2D eigenvalue weighted by Gasteiger charge is 2.09. The maximum absolute atomic E-state index is 8.84. The molecule has 0 aliphatic heterocycles. The number of nitrogens with one attached hydrogen (secondary N) is 1. The van der Waals surface area contributed by atoms with Crippen LogP contribution in [0.25, 0.3) is 0 Å². The van der Waals surface area contributed by atoms with Crippen LogP contribution in [-0.2, 0) is 0 Å². The normalized spacial score (nSPS) is 10.9. The minimum atomic E-state index is 0.318. The molecule has 16 heavy (non-hydrogen) atoms. The number of hydrogen-bond acceptors (Lipinski definition) is 3. The van der Waals surface area contributed by atoms with Gasteiger partial charge in [-0.25, -0.2) is 0 Å². The Morgan fingerprint density at radius 2 is 2.06 bits per heavy atom. The first kappa shape index (κ1) is 12.4. The molecule has 0 aromatic heterocycles. The molecule has 0 atom stereocenters. The molecule has 0 amide bonds. The van der Waals surface area contributed by atoms with Crippen LogP contribution in [0.5, 0.6) is 0 Å². The second-order valence-electron chi connectivity index (χ2n) is 5.15. The Balaban J connectivity index is 2.59. The molecule has 0 bridgehead atoms. The van der Waals surface area contributed by atoms with Crippen LogP contribution in [0.15, 0.2) is 18.2 Å². The molecule has 1 rings (SSSR count). The van der Waals surface area contributed by atoms with Crippen LogP contribution in [-0.4, -0.2) is 6.54 Å². The summed E-state index contributed by atoms with van der Waals surface area (Å²) in [5.74, 6) is 0. The molecule has 3 heteroatoms. The molecule has 0 heterocycles. The van der Waals surface area contributed by atoms with Crippen molar-refractivity contribution < 1.29 is 0 Å². The van der Waals surface area contributed by atoms with Gasteiger partial charge in [-0.05, 0) is 30.0 Å². The number of nitriles is 1. The SMILES string of the molecule is CC(C)(C)CCNc1ccc(N)c(C#N)c1. The van der Waals surface area contributed by atoms with Crippen molar-refractivity contribution in [2.75, 3.05) is 17.6 Å². The Morgan fingerprint density at radius 1 is 1.38 bits per heavy atom. The van der Waals surface area contributed by atoms with Crippen molar-refractivity contribution in [2.45, 2.75) is 27.2 Å². The molecule has 0 saturated heterocycles. The van der Waals surface area contributed by atoms with Crippen LogP contribution in [0.3, 0.4) is 0 Å². The molecule has 0 aliphatic carbocycles. The number of nitrogen functional groups attached to an aromatic ring is 1. The molecule has 0 spiro atoms. The van der Waals surface area contributed by atoms with Crippen LogP contribution in [0, 0.1) is 16.7 Å². The number of rotatable bonds is 3. The van der Waals surface area contributed by atoms with Crippen molar-refractivity contribution in [3.8, 4) is 6.07 Å². The maximum atomic E-state index is 8.84. The average Bonchev–Trinajstić information content (AvgIpc) is 2.18. The van der Waals surface area contributed by atoms with Crippen molar-refractivity contribution in [3.63, 3.8) is 0 Å². The van der Waals surface area contributed by atoms with Crippen molar-refractivity contribution in [2.24, 2.45) is 5.41 Å². The molecule has 86 valence electrons. The van der Waals surface area contributed by atoms with Crippen LogP contribution in [0.4, 0.5) is 11.4 Å². The lowest BCUT2D eigenvalue weighted by molar-refractivity contribution is 0.390. The number of benzene rings is 1. The Morgan fingerprint density at radius 3 is 2.62 bits per heavy atom. The quantitative estimate of drug-likeness (QED) is 0.765. The lowest BCUT2D eigenvalue weighted by Crippen LogP contribution is -2.12. The topological polar surface area (TPSA) is 61.8 Å². The van der Waals surface area contributed by atoms with E-state index in [0.29, 0.717) is 16.7 Å². The summed E-state index contributed by atoms with van der Waals surface area (Å²) in [4.78, 5) is 0. The van der Waals surface area contributed by atoms with E-state index < -0.39 is 0 Å². The zero-order valence-corrected chi connectivity index (χ0v) is 10.2. The van der Waals surface area contributed by atoms with E-state index in [2.05, 4.69) is 32.2 Å². The first-order valence-corrected chi connectivity index (χ1v) is 5.46. The van der Waals surface area contributed by atoms with E-state index >= 15 is 0 Å².